The molecule has 5 atom stereocenters. The maximum Gasteiger partial charge on any atom is 0.265 e. The zero-order valence-electron chi connectivity index (χ0n) is 19.7. The van der Waals surface area contributed by atoms with Crippen LogP contribution >= 0.6 is 0 Å². The van der Waals surface area contributed by atoms with E-state index in [0.29, 0.717) is 0 Å². The molecule has 2 aromatic rings. The molecule has 0 aliphatic rings. The molecule has 30 heavy (non-hydrogen) atoms. The van der Waals surface area contributed by atoms with Crippen LogP contribution in [-0.2, 0) is 4.74 Å². The summed E-state index contributed by atoms with van der Waals surface area (Å²) in [5.74, 6) is 0.378. The summed E-state index contributed by atoms with van der Waals surface area (Å²) in [4.78, 5) is 0. The van der Waals surface area contributed by atoms with E-state index >= 15 is 4.11 Å². The van der Waals surface area contributed by atoms with E-state index in [1.807, 2.05) is 54.6 Å². The van der Waals surface area contributed by atoms with E-state index < -0.39 is 15.5 Å². The molecule has 1 unspecified atom stereocenters. The minimum absolute atomic E-state index is 0.0177. The topological polar surface area (TPSA) is 9.23 Å². The molecule has 0 aliphatic heterocycles. The second kappa shape index (κ2) is 10.2. The first-order valence-corrected chi connectivity index (χ1v) is 17.5. The van der Waals surface area contributed by atoms with Gasteiger partial charge in [0.05, 0.1) is 13.7 Å². The fraction of sp³-hybridized carbons (Fsp3) is 0.462. The summed E-state index contributed by atoms with van der Waals surface area (Å²) in [7, 11) is -3.66. The molecule has 0 amide bonds. The van der Waals surface area contributed by atoms with Gasteiger partial charge in [0.2, 0.25) is 0 Å². The summed E-state index contributed by atoms with van der Waals surface area (Å²) >= 11 is 0. The Kier molecular flexibility index (Phi) is 8.43. The minimum atomic E-state index is -3.29. The van der Waals surface area contributed by atoms with Crippen molar-refractivity contribution < 1.29 is 8.84 Å². The van der Waals surface area contributed by atoms with E-state index in [1.54, 1.807) is 7.11 Å². The van der Waals surface area contributed by atoms with Crippen molar-refractivity contribution in [1.82, 2.24) is 0 Å². The fourth-order valence-corrected chi connectivity index (χ4v) is 17.9. The molecule has 1 nitrogen and oxygen atoms in total. The summed E-state index contributed by atoms with van der Waals surface area (Å²) in [6, 6.07) is 20.3. The van der Waals surface area contributed by atoms with Crippen LogP contribution in [-0.4, -0.2) is 22.6 Å². The van der Waals surface area contributed by atoms with Crippen LogP contribution in [0.2, 0.25) is 25.2 Å². The molecule has 0 aromatic heterocycles. The number of hydrogen-bond donors (Lipinski definition) is 0. The Labute approximate surface area is 185 Å². The minimum Gasteiger partial charge on any atom is -0.376 e. The molecule has 0 saturated carbocycles. The molecular weight excluding hydrogens is 403 g/mol. The third-order valence-electron chi connectivity index (χ3n) is 6.64. The Morgan fingerprint density at radius 1 is 0.900 bits per heavy atom. The van der Waals surface area contributed by atoms with Crippen molar-refractivity contribution in [3.63, 3.8) is 0 Å². The van der Waals surface area contributed by atoms with Crippen molar-refractivity contribution in [3.05, 3.63) is 78.9 Å². The molecule has 2 rings (SSSR count). The monoisotopic (exact) mass is 442 g/mol. The Morgan fingerprint density at radius 3 is 1.80 bits per heavy atom. The predicted octanol–water partition coefficient (Wildman–Crippen LogP) is 7.08. The fourth-order valence-electron chi connectivity index (χ4n) is 5.25. The van der Waals surface area contributed by atoms with Gasteiger partial charge in [-0.25, -0.2) is 0 Å². The lowest BCUT2D eigenvalue weighted by Gasteiger charge is -2.47. The van der Waals surface area contributed by atoms with Gasteiger partial charge in [0, 0.05) is 13.0 Å². The number of benzene rings is 2. The van der Waals surface area contributed by atoms with Gasteiger partial charge in [0.1, 0.15) is 0 Å². The van der Waals surface area contributed by atoms with Gasteiger partial charge in [-0.05, 0) is 28.1 Å². The summed E-state index contributed by atoms with van der Waals surface area (Å²) in [6.07, 6.45) is 1.86. The molecule has 4 heteroatoms. The second-order valence-electron chi connectivity index (χ2n) is 9.84. The number of ether oxygens (including phenoxy) is 1. The maximum atomic E-state index is 17.6. The van der Waals surface area contributed by atoms with Crippen LogP contribution in [0.1, 0.15) is 32.4 Å². The second-order valence-corrected chi connectivity index (χ2v) is 23.7. The zero-order chi connectivity index (χ0) is 22.5. The van der Waals surface area contributed by atoms with Crippen LogP contribution in [0, 0.1) is 17.8 Å². The first kappa shape index (κ1) is 24.8. The van der Waals surface area contributed by atoms with Crippen LogP contribution in [0.25, 0.3) is 0 Å². The van der Waals surface area contributed by atoms with Gasteiger partial charge in [-0.2, -0.15) is 0 Å². The Hall–Kier alpha value is -1.50. The molecular formula is C26H39FOSi2. The first-order valence-electron chi connectivity index (χ1n) is 11.0. The van der Waals surface area contributed by atoms with Crippen LogP contribution in [0.15, 0.2) is 73.3 Å². The standard InChI is InChI=1S/C26H39FOSi2/c1-9-24(25(28-5)22-16-12-10-13-17-22)21(4)26(20(2)3)30(27,29(6,7)8)23-18-14-11-15-19-23/h9-21,24-26H,1H2,2-8H3/t21-,24+,25?,26+,30-/m0/s1. The van der Waals surface area contributed by atoms with Gasteiger partial charge >= 0.3 is 0 Å². The van der Waals surface area contributed by atoms with Crippen LogP contribution in [0.3, 0.4) is 0 Å². The molecule has 164 valence electrons. The zero-order valence-corrected chi connectivity index (χ0v) is 21.7. The third-order valence-corrected chi connectivity index (χ3v) is 20.5. The van der Waals surface area contributed by atoms with Crippen molar-refractivity contribution in [3.8, 4) is 0 Å². The van der Waals surface area contributed by atoms with Gasteiger partial charge in [0.15, 0.2) is 0 Å². The van der Waals surface area contributed by atoms with E-state index in [1.165, 1.54) is 0 Å². The number of rotatable bonds is 10. The van der Waals surface area contributed by atoms with Gasteiger partial charge in [-0.3, -0.25) is 0 Å². The van der Waals surface area contributed by atoms with Gasteiger partial charge in [-0.1, -0.05) is 107 Å². The molecule has 0 bridgehead atoms. The smallest absolute Gasteiger partial charge is 0.265 e. The molecule has 0 N–H and O–H groups in total. The van der Waals surface area contributed by atoms with Crippen molar-refractivity contribution >= 4 is 20.7 Å². The van der Waals surface area contributed by atoms with Crippen LogP contribution < -0.4 is 5.19 Å². The Morgan fingerprint density at radius 2 is 1.40 bits per heavy atom. The van der Waals surface area contributed by atoms with Crippen LogP contribution in [0.4, 0.5) is 4.11 Å². The number of halogens is 1. The van der Waals surface area contributed by atoms with Crippen molar-refractivity contribution in [2.45, 2.75) is 52.1 Å². The van der Waals surface area contributed by atoms with Gasteiger partial charge in [-0.15, -0.1) is 6.58 Å². The van der Waals surface area contributed by atoms with Crippen LogP contribution in [0.5, 0.6) is 0 Å². The summed E-state index contributed by atoms with van der Waals surface area (Å²) in [6.45, 7) is 17.4. The van der Waals surface area contributed by atoms with Crippen molar-refractivity contribution in [2.75, 3.05) is 7.11 Å². The van der Waals surface area contributed by atoms with E-state index in [4.69, 9.17) is 4.74 Å². The van der Waals surface area contributed by atoms with E-state index in [0.717, 1.165) is 10.8 Å². The third kappa shape index (κ3) is 4.87. The first-order chi connectivity index (χ1) is 14.1. The molecule has 0 spiro atoms. The molecule has 2 aromatic carbocycles. The summed E-state index contributed by atoms with van der Waals surface area (Å²) in [5, 5.41) is 0.950. The predicted molar refractivity (Wildman–Crippen MR) is 134 cm³/mol. The Balaban J connectivity index is 2.59. The molecule has 0 saturated heterocycles. The maximum absolute atomic E-state index is 17.6. The largest absolute Gasteiger partial charge is 0.376 e. The number of methoxy groups -OCH3 is 1. The lowest BCUT2D eigenvalue weighted by Crippen LogP contribution is -2.67. The van der Waals surface area contributed by atoms with Gasteiger partial charge in [0.25, 0.3) is 7.93 Å². The van der Waals surface area contributed by atoms with E-state index in [9.17, 15) is 0 Å². The SMILES string of the molecule is C=C[C@@H](C(OC)c1ccccc1)[C@H](C)[C@@H](C(C)C)[Si@](F)(c1ccccc1)[Si](C)(C)C. The quantitative estimate of drug-likeness (QED) is 0.217. The van der Waals surface area contributed by atoms with E-state index in [2.05, 4.69) is 59.1 Å². The Bertz CT molecular complexity index is 788. The highest BCUT2D eigenvalue weighted by molar-refractivity contribution is 7.43. The summed E-state index contributed by atoms with van der Waals surface area (Å²) < 4.78 is 23.6. The highest BCUT2D eigenvalue weighted by atomic mass is 29.3. The van der Waals surface area contributed by atoms with E-state index in [-0.39, 0.29) is 29.4 Å². The molecule has 0 heterocycles. The van der Waals surface area contributed by atoms with Gasteiger partial charge < -0.3 is 8.84 Å². The highest BCUT2D eigenvalue weighted by Crippen LogP contribution is 2.48. The summed E-state index contributed by atoms with van der Waals surface area (Å²) in [5.41, 5.74) is 1.11. The normalized spacial score (nSPS) is 18.3. The molecule has 0 aliphatic carbocycles. The number of hydrogen-bond acceptors (Lipinski definition) is 1. The average Bonchev–Trinajstić information content (AvgIpc) is 2.71. The lowest BCUT2D eigenvalue weighted by atomic mass is 9.80. The van der Waals surface area contributed by atoms with Crippen molar-refractivity contribution in [1.29, 1.82) is 0 Å². The molecule has 0 radical (unpaired) electrons. The highest BCUT2D eigenvalue weighted by Gasteiger charge is 2.58. The molecule has 0 fully saturated rings. The average molecular weight is 443 g/mol. The van der Waals surface area contributed by atoms with Crippen molar-refractivity contribution in [2.24, 2.45) is 17.8 Å². The lowest BCUT2D eigenvalue weighted by molar-refractivity contribution is 0.0444.